The fourth-order valence-corrected chi connectivity index (χ4v) is 2.82. The van der Waals surface area contributed by atoms with Crippen LogP contribution in [0.4, 0.5) is 0 Å². The van der Waals surface area contributed by atoms with Crippen LogP contribution in [-0.2, 0) is 13.0 Å². The highest BCUT2D eigenvalue weighted by Crippen LogP contribution is 2.25. The van der Waals surface area contributed by atoms with E-state index in [1.165, 1.54) is 5.56 Å². The Hall–Kier alpha value is -2.89. The Balaban J connectivity index is 1.89. The summed E-state index contributed by atoms with van der Waals surface area (Å²) in [6.45, 7) is 4.23. The summed E-state index contributed by atoms with van der Waals surface area (Å²) >= 11 is 0. The molecule has 0 aliphatic rings. The van der Waals surface area contributed by atoms with Crippen LogP contribution in [0.5, 0.6) is 17.2 Å². The van der Waals surface area contributed by atoms with E-state index in [1.54, 1.807) is 21.3 Å². The van der Waals surface area contributed by atoms with Crippen LogP contribution in [-0.4, -0.2) is 40.4 Å². The Morgan fingerprint density at radius 1 is 0.929 bits per heavy atom. The summed E-state index contributed by atoms with van der Waals surface area (Å²) in [6.07, 6.45) is 1.99. The molecule has 152 valence electrons. The normalized spacial score (nSPS) is 11.1. The third-order valence-electron chi connectivity index (χ3n) is 4.31. The minimum atomic E-state index is 0.526. The quantitative estimate of drug-likeness (QED) is 0.373. The summed E-state index contributed by atoms with van der Waals surface area (Å²) in [5.74, 6) is 3.24. The summed E-state index contributed by atoms with van der Waals surface area (Å²) in [5, 5.41) is 6.68. The van der Waals surface area contributed by atoms with E-state index in [0.29, 0.717) is 6.54 Å². The van der Waals surface area contributed by atoms with Gasteiger partial charge in [-0.25, -0.2) is 4.99 Å². The molecule has 0 spiro atoms. The highest BCUT2D eigenvalue weighted by molar-refractivity contribution is 5.79. The van der Waals surface area contributed by atoms with E-state index in [2.05, 4.69) is 34.7 Å². The van der Waals surface area contributed by atoms with Crippen LogP contribution in [0.3, 0.4) is 0 Å². The van der Waals surface area contributed by atoms with E-state index >= 15 is 0 Å². The highest BCUT2D eigenvalue weighted by Gasteiger charge is 2.05. The predicted octanol–water partition coefficient (Wildman–Crippen LogP) is 3.40. The molecule has 0 aliphatic carbocycles. The van der Waals surface area contributed by atoms with E-state index in [0.717, 1.165) is 54.7 Å². The molecule has 0 heterocycles. The molecule has 6 nitrogen and oxygen atoms in total. The second kappa shape index (κ2) is 11.7. The monoisotopic (exact) mass is 385 g/mol. The molecule has 0 aromatic heterocycles. The number of benzene rings is 2. The van der Waals surface area contributed by atoms with Crippen molar-refractivity contribution in [3.63, 3.8) is 0 Å². The van der Waals surface area contributed by atoms with E-state index in [9.17, 15) is 0 Å². The van der Waals surface area contributed by atoms with Gasteiger partial charge in [-0.1, -0.05) is 12.1 Å². The first-order valence-corrected chi connectivity index (χ1v) is 9.56. The Morgan fingerprint density at radius 2 is 1.71 bits per heavy atom. The molecule has 0 atom stereocenters. The molecule has 0 fully saturated rings. The van der Waals surface area contributed by atoms with Crippen LogP contribution >= 0.6 is 0 Å². The Labute approximate surface area is 167 Å². The van der Waals surface area contributed by atoms with Gasteiger partial charge in [0.2, 0.25) is 0 Å². The Morgan fingerprint density at radius 3 is 2.43 bits per heavy atom. The van der Waals surface area contributed by atoms with Gasteiger partial charge in [0.05, 0.1) is 27.9 Å². The molecule has 28 heavy (non-hydrogen) atoms. The maximum atomic E-state index is 5.45. The average molecular weight is 386 g/mol. The van der Waals surface area contributed by atoms with Crippen molar-refractivity contribution >= 4 is 5.96 Å². The molecular formula is C22H31N3O3. The molecule has 0 saturated heterocycles. The lowest BCUT2D eigenvalue weighted by molar-refractivity contribution is 0.391. The maximum Gasteiger partial charge on any atom is 0.191 e. The first-order chi connectivity index (χ1) is 13.7. The van der Waals surface area contributed by atoms with Crippen molar-refractivity contribution in [1.29, 1.82) is 0 Å². The van der Waals surface area contributed by atoms with Crippen molar-refractivity contribution in [2.24, 2.45) is 4.99 Å². The molecule has 0 radical (unpaired) electrons. The molecule has 2 aromatic carbocycles. The van der Waals surface area contributed by atoms with Gasteiger partial charge in [0.15, 0.2) is 5.96 Å². The zero-order chi connectivity index (χ0) is 20.2. The van der Waals surface area contributed by atoms with Crippen LogP contribution in [0.1, 0.15) is 24.5 Å². The van der Waals surface area contributed by atoms with Gasteiger partial charge in [-0.3, -0.25) is 0 Å². The maximum absolute atomic E-state index is 5.45. The molecule has 2 N–H and O–H groups in total. The minimum absolute atomic E-state index is 0.526. The van der Waals surface area contributed by atoms with Gasteiger partial charge in [-0.2, -0.15) is 0 Å². The summed E-state index contributed by atoms with van der Waals surface area (Å²) in [7, 11) is 4.99. The van der Waals surface area contributed by atoms with Crippen LogP contribution in [0.2, 0.25) is 0 Å². The Bertz CT molecular complexity index is 762. The lowest BCUT2D eigenvalue weighted by Crippen LogP contribution is -2.37. The zero-order valence-corrected chi connectivity index (χ0v) is 17.2. The van der Waals surface area contributed by atoms with Gasteiger partial charge in [0.25, 0.3) is 0 Å². The minimum Gasteiger partial charge on any atom is -0.497 e. The van der Waals surface area contributed by atoms with Crippen molar-refractivity contribution < 1.29 is 14.2 Å². The van der Waals surface area contributed by atoms with Crippen molar-refractivity contribution in [1.82, 2.24) is 10.6 Å². The first-order valence-electron chi connectivity index (χ1n) is 9.56. The first kappa shape index (κ1) is 21.4. The van der Waals surface area contributed by atoms with Gasteiger partial charge < -0.3 is 24.8 Å². The number of hydrogen-bond acceptors (Lipinski definition) is 4. The molecule has 0 amide bonds. The third-order valence-corrected chi connectivity index (χ3v) is 4.31. The summed E-state index contributed by atoms with van der Waals surface area (Å²) in [4.78, 5) is 4.67. The summed E-state index contributed by atoms with van der Waals surface area (Å²) in [5.41, 5.74) is 2.28. The molecule has 2 rings (SSSR count). The highest BCUT2D eigenvalue weighted by atomic mass is 16.5. The molecule has 0 aliphatic heterocycles. The smallest absolute Gasteiger partial charge is 0.191 e. The average Bonchev–Trinajstić information content (AvgIpc) is 2.74. The van der Waals surface area contributed by atoms with E-state index < -0.39 is 0 Å². The molecule has 0 unspecified atom stereocenters. The predicted molar refractivity (Wildman–Crippen MR) is 114 cm³/mol. The lowest BCUT2D eigenvalue weighted by Gasteiger charge is -2.13. The van der Waals surface area contributed by atoms with Crippen LogP contribution in [0.25, 0.3) is 0 Å². The number of guanidine groups is 1. The molecule has 2 aromatic rings. The largest absolute Gasteiger partial charge is 0.497 e. The number of aliphatic imine (C=N–C) groups is 1. The van der Waals surface area contributed by atoms with E-state index in [1.807, 2.05) is 30.3 Å². The van der Waals surface area contributed by atoms with Crippen LogP contribution in [0.15, 0.2) is 47.5 Å². The van der Waals surface area contributed by atoms with Gasteiger partial charge >= 0.3 is 0 Å². The number of methoxy groups -OCH3 is 3. The van der Waals surface area contributed by atoms with E-state index in [4.69, 9.17) is 14.2 Å². The van der Waals surface area contributed by atoms with Crippen LogP contribution < -0.4 is 24.8 Å². The van der Waals surface area contributed by atoms with Gasteiger partial charge in [-0.15, -0.1) is 0 Å². The second-order valence-electron chi connectivity index (χ2n) is 6.25. The molecule has 0 bridgehead atoms. The molecule has 0 saturated carbocycles. The molecule has 6 heteroatoms. The van der Waals surface area contributed by atoms with Crippen molar-refractivity contribution in [3.8, 4) is 17.2 Å². The van der Waals surface area contributed by atoms with Crippen molar-refractivity contribution in [2.75, 3.05) is 34.4 Å². The second-order valence-corrected chi connectivity index (χ2v) is 6.25. The molecular weight excluding hydrogens is 354 g/mol. The van der Waals surface area contributed by atoms with Gasteiger partial charge in [0.1, 0.15) is 17.2 Å². The van der Waals surface area contributed by atoms with Crippen LogP contribution in [0, 0.1) is 0 Å². The number of rotatable bonds is 10. The summed E-state index contributed by atoms with van der Waals surface area (Å²) < 4.78 is 16.0. The van der Waals surface area contributed by atoms with Crippen molar-refractivity contribution in [3.05, 3.63) is 53.6 Å². The number of nitrogens with one attached hydrogen (secondary N) is 2. The SMILES string of the molecule is CCNC(=NCc1ccc(OC)cc1OC)NCCCc1cccc(OC)c1. The summed E-state index contributed by atoms with van der Waals surface area (Å²) in [6, 6.07) is 14.0. The topological polar surface area (TPSA) is 64.1 Å². The van der Waals surface area contributed by atoms with E-state index in [-0.39, 0.29) is 0 Å². The lowest BCUT2D eigenvalue weighted by atomic mass is 10.1. The van der Waals surface area contributed by atoms with Gasteiger partial charge in [0, 0.05) is 24.7 Å². The van der Waals surface area contributed by atoms with Crippen molar-refractivity contribution in [2.45, 2.75) is 26.3 Å². The van der Waals surface area contributed by atoms with Gasteiger partial charge in [-0.05, 0) is 49.6 Å². The fourth-order valence-electron chi connectivity index (χ4n) is 2.82. The standard InChI is InChI=1S/C22H31N3O3/c1-5-23-22(24-13-7-9-17-8-6-10-19(14-17)26-2)25-16-18-11-12-20(27-3)15-21(18)28-4/h6,8,10-12,14-15H,5,7,9,13,16H2,1-4H3,(H2,23,24,25). The number of aryl methyl sites for hydroxylation is 1. The zero-order valence-electron chi connectivity index (χ0n) is 17.2. The fraction of sp³-hybridized carbons (Fsp3) is 0.409. The number of hydrogen-bond donors (Lipinski definition) is 2. The number of nitrogens with zero attached hydrogens (tertiary/aromatic N) is 1. The number of ether oxygens (including phenoxy) is 3. The third kappa shape index (κ3) is 6.68. The Kier molecular flexibility index (Phi) is 8.98.